The zero-order valence-corrected chi connectivity index (χ0v) is 17.3. The number of ether oxygens (including phenoxy) is 1. The smallest absolute Gasteiger partial charge is 0.350 e. The molecule has 0 aliphatic carbocycles. The minimum atomic E-state index is -0.245. The van der Waals surface area contributed by atoms with Crippen molar-refractivity contribution in [1.82, 2.24) is 24.4 Å². The molecule has 30 heavy (non-hydrogen) atoms. The van der Waals surface area contributed by atoms with Gasteiger partial charge in [-0.05, 0) is 29.8 Å². The second kappa shape index (κ2) is 9.42. The van der Waals surface area contributed by atoms with Gasteiger partial charge in [0.05, 0.1) is 25.8 Å². The first kappa shape index (κ1) is 20.6. The number of nitrogens with one attached hydrogen (secondary N) is 1. The van der Waals surface area contributed by atoms with Crippen molar-refractivity contribution >= 4 is 23.2 Å². The maximum atomic E-state index is 12.5. The van der Waals surface area contributed by atoms with E-state index in [0.717, 1.165) is 18.7 Å². The number of morpholine rings is 1. The van der Waals surface area contributed by atoms with Crippen molar-refractivity contribution in [1.29, 1.82) is 0 Å². The van der Waals surface area contributed by atoms with Crippen LogP contribution in [0.5, 0.6) is 0 Å². The Kier molecular flexibility index (Phi) is 6.47. The molecule has 8 nitrogen and oxygen atoms in total. The van der Waals surface area contributed by atoms with Crippen LogP contribution >= 0.6 is 11.6 Å². The van der Waals surface area contributed by atoms with Gasteiger partial charge in [-0.25, -0.2) is 9.48 Å². The molecule has 1 aliphatic rings. The molecule has 0 spiro atoms. The fraction of sp³-hybridized carbons (Fsp3) is 0.381. The Bertz CT molecular complexity index is 1060. The Balaban J connectivity index is 1.38. The van der Waals surface area contributed by atoms with Crippen LogP contribution in [0.25, 0.3) is 5.65 Å². The minimum Gasteiger partial charge on any atom is -0.379 e. The number of fused-ring (bicyclic) bond motifs is 1. The van der Waals surface area contributed by atoms with Crippen molar-refractivity contribution in [2.75, 3.05) is 32.8 Å². The molecule has 1 aromatic carbocycles. The van der Waals surface area contributed by atoms with Crippen LogP contribution in [-0.2, 0) is 16.1 Å². The zero-order chi connectivity index (χ0) is 20.9. The highest BCUT2D eigenvalue weighted by molar-refractivity contribution is 6.30. The van der Waals surface area contributed by atoms with Crippen molar-refractivity contribution in [2.24, 2.45) is 0 Å². The number of pyridine rings is 1. The third-order valence-electron chi connectivity index (χ3n) is 5.27. The van der Waals surface area contributed by atoms with E-state index >= 15 is 0 Å². The van der Waals surface area contributed by atoms with E-state index in [1.807, 2.05) is 30.3 Å². The van der Waals surface area contributed by atoms with Crippen LogP contribution in [0.3, 0.4) is 0 Å². The van der Waals surface area contributed by atoms with Gasteiger partial charge in [0.15, 0.2) is 5.65 Å². The van der Waals surface area contributed by atoms with Crippen molar-refractivity contribution in [3.8, 4) is 0 Å². The molecule has 4 rings (SSSR count). The molecule has 1 amide bonds. The summed E-state index contributed by atoms with van der Waals surface area (Å²) in [7, 11) is 0. The molecule has 3 aromatic rings. The average molecular weight is 430 g/mol. The molecule has 0 saturated carbocycles. The van der Waals surface area contributed by atoms with E-state index < -0.39 is 0 Å². The van der Waals surface area contributed by atoms with E-state index in [-0.39, 0.29) is 30.6 Å². The molecule has 3 heterocycles. The summed E-state index contributed by atoms with van der Waals surface area (Å²) >= 11 is 6.03. The number of benzene rings is 1. The van der Waals surface area contributed by atoms with Crippen molar-refractivity contribution < 1.29 is 9.53 Å². The quantitative estimate of drug-likeness (QED) is 0.618. The van der Waals surface area contributed by atoms with Gasteiger partial charge in [-0.15, -0.1) is 5.10 Å². The third kappa shape index (κ3) is 4.72. The Hall–Kier alpha value is -2.68. The van der Waals surface area contributed by atoms with Crippen molar-refractivity contribution in [3.05, 3.63) is 69.7 Å². The number of amides is 1. The van der Waals surface area contributed by atoms with Crippen LogP contribution in [0.2, 0.25) is 5.02 Å². The molecule has 0 radical (unpaired) electrons. The summed E-state index contributed by atoms with van der Waals surface area (Å²) in [5.41, 5.74) is 1.42. The first-order valence-electron chi connectivity index (χ1n) is 10.00. The predicted molar refractivity (Wildman–Crippen MR) is 114 cm³/mol. The number of hydrogen-bond donors (Lipinski definition) is 1. The topological polar surface area (TPSA) is 80.9 Å². The number of aryl methyl sites for hydroxylation is 1. The van der Waals surface area contributed by atoms with E-state index in [4.69, 9.17) is 16.3 Å². The highest BCUT2D eigenvalue weighted by Crippen LogP contribution is 2.23. The number of aromatic nitrogens is 3. The predicted octanol–water partition coefficient (Wildman–Crippen LogP) is 1.73. The summed E-state index contributed by atoms with van der Waals surface area (Å²) in [4.78, 5) is 27.1. The maximum Gasteiger partial charge on any atom is 0.350 e. The highest BCUT2D eigenvalue weighted by Gasteiger charge is 2.23. The van der Waals surface area contributed by atoms with E-state index in [1.54, 1.807) is 18.3 Å². The molecule has 2 aromatic heterocycles. The second-order valence-corrected chi connectivity index (χ2v) is 7.64. The standard InChI is InChI=1S/C21H24ClN5O3/c22-17-6-4-16(5-7-17)18(25-11-13-30-14-12-25)15-23-20(28)8-10-27-21(29)26-9-2-1-3-19(26)24-27/h1-7,9,18H,8,10-15H2,(H,23,28). The number of halogens is 1. The van der Waals surface area contributed by atoms with Crippen molar-refractivity contribution in [2.45, 2.75) is 19.0 Å². The molecule has 1 N–H and O–H groups in total. The number of hydrogen-bond acceptors (Lipinski definition) is 5. The Morgan fingerprint density at radius 1 is 1.17 bits per heavy atom. The third-order valence-corrected chi connectivity index (χ3v) is 5.52. The molecular weight excluding hydrogens is 406 g/mol. The summed E-state index contributed by atoms with van der Waals surface area (Å²) in [5, 5.41) is 7.96. The first-order chi connectivity index (χ1) is 14.6. The van der Waals surface area contributed by atoms with Gasteiger partial charge in [-0.2, -0.15) is 0 Å². The van der Waals surface area contributed by atoms with Crippen molar-refractivity contribution in [3.63, 3.8) is 0 Å². The molecule has 1 atom stereocenters. The Labute approximate surface area is 179 Å². The zero-order valence-electron chi connectivity index (χ0n) is 16.5. The van der Waals surface area contributed by atoms with Gasteiger partial charge in [0.25, 0.3) is 0 Å². The van der Waals surface area contributed by atoms with Crippen LogP contribution in [0.4, 0.5) is 0 Å². The van der Waals surface area contributed by atoms with E-state index in [9.17, 15) is 9.59 Å². The van der Waals surface area contributed by atoms with Gasteiger partial charge < -0.3 is 10.1 Å². The van der Waals surface area contributed by atoms with Gasteiger partial charge in [0, 0.05) is 37.3 Å². The molecular formula is C21H24ClN5O3. The molecule has 1 saturated heterocycles. The second-order valence-electron chi connectivity index (χ2n) is 7.20. The fourth-order valence-corrected chi connectivity index (χ4v) is 3.78. The molecule has 158 valence electrons. The molecule has 0 bridgehead atoms. The minimum absolute atomic E-state index is 0.0352. The Morgan fingerprint density at radius 3 is 2.67 bits per heavy atom. The number of carbonyl (C=O) groups is 1. The maximum absolute atomic E-state index is 12.5. The lowest BCUT2D eigenvalue weighted by Gasteiger charge is -2.35. The SMILES string of the molecule is O=C(CCn1nc2ccccn2c1=O)NCC(c1ccc(Cl)cc1)N1CCOCC1. The van der Waals surface area contributed by atoms with Crippen LogP contribution in [0.1, 0.15) is 18.0 Å². The van der Waals surface area contributed by atoms with Gasteiger partial charge in [-0.1, -0.05) is 29.8 Å². The lowest BCUT2D eigenvalue weighted by atomic mass is 10.0. The van der Waals surface area contributed by atoms with Crippen LogP contribution < -0.4 is 11.0 Å². The number of nitrogens with zero attached hydrogens (tertiary/aromatic N) is 4. The summed E-state index contributed by atoms with van der Waals surface area (Å²) in [5.74, 6) is -0.119. The lowest BCUT2D eigenvalue weighted by Crippen LogP contribution is -2.44. The fourth-order valence-electron chi connectivity index (χ4n) is 3.65. The molecule has 1 aliphatic heterocycles. The van der Waals surface area contributed by atoms with Gasteiger partial charge in [0.1, 0.15) is 0 Å². The number of rotatable bonds is 7. The van der Waals surface area contributed by atoms with Crippen LogP contribution in [0, 0.1) is 0 Å². The normalized spacial score (nSPS) is 15.9. The highest BCUT2D eigenvalue weighted by atomic mass is 35.5. The summed E-state index contributed by atoms with van der Waals surface area (Å²) in [6, 6.07) is 13.1. The molecule has 1 unspecified atom stereocenters. The number of carbonyl (C=O) groups excluding carboxylic acids is 1. The summed E-state index contributed by atoms with van der Waals surface area (Å²) < 4.78 is 8.25. The van der Waals surface area contributed by atoms with Gasteiger partial charge >= 0.3 is 5.69 Å². The van der Waals surface area contributed by atoms with E-state index in [0.29, 0.717) is 30.4 Å². The summed E-state index contributed by atoms with van der Waals surface area (Å²) in [6.45, 7) is 3.67. The van der Waals surface area contributed by atoms with E-state index in [2.05, 4.69) is 15.3 Å². The summed E-state index contributed by atoms with van der Waals surface area (Å²) in [6.07, 6.45) is 1.85. The van der Waals surface area contributed by atoms with Gasteiger partial charge in [-0.3, -0.25) is 14.1 Å². The Morgan fingerprint density at radius 2 is 1.93 bits per heavy atom. The monoisotopic (exact) mass is 429 g/mol. The molecule has 9 heteroatoms. The lowest BCUT2D eigenvalue weighted by molar-refractivity contribution is -0.121. The molecule has 1 fully saturated rings. The van der Waals surface area contributed by atoms with E-state index in [1.165, 1.54) is 9.08 Å². The van der Waals surface area contributed by atoms with Crippen LogP contribution in [0.15, 0.2) is 53.5 Å². The largest absolute Gasteiger partial charge is 0.379 e. The van der Waals surface area contributed by atoms with Gasteiger partial charge in [0.2, 0.25) is 5.91 Å². The first-order valence-corrected chi connectivity index (χ1v) is 10.4. The van der Waals surface area contributed by atoms with Crippen LogP contribution in [-0.4, -0.2) is 57.8 Å². The average Bonchev–Trinajstić information content (AvgIpc) is 3.10.